The molecule has 0 aliphatic heterocycles. The van der Waals surface area contributed by atoms with Crippen LogP contribution in [0.5, 0.6) is 0 Å². The van der Waals surface area contributed by atoms with Crippen LogP contribution in [0.25, 0.3) is 22.2 Å². The Hall–Kier alpha value is -2.88. The van der Waals surface area contributed by atoms with Gasteiger partial charge in [-0.15, -0.1) is 0 Å². The summed E-state index contributed by atoms with van der Waals surface area (Å²) in [6.45, 7) is 1.99. The molecule has 0 saturated carbocycles. The van der Waals surface area contributed by atoms with Crippen LogP contribution in [0.4, 0.5) is 0 Å². The number of aromatic amines is 1. The van der Waals surface area contributed by atoms with Gasteiger partial charge in [-0.25, -0.2) is 4.79 Å². The standard InChI is InChI=1S/C18H15NO3/c1-2-11-8-9-14-13(10-11)17(20)15(18(21)22)16(19-14)12-6-4-3-5-7-12/h3-10H,2H2,1H3,(H,19,20)(H,21,22). The van der Waals surface area contributed by atoms with Gasteiger partial charge in [0.25, 0.3) is 0 Å². The van der Waals surface area contributed by atoms with E-state index >= 15 is 0 Å². The Kier molecular flexibility index (Phi) is 3.51. The largest absolute Gasteiger partial charge is 0.477 e. The number of hydrogen-bond donors (Lipinski definition) is 2. The number of aryl methyl sites for hydroxylation is 1. The molecule has 4 heteroatoms. The van der Waals surface area contributed by atoms with Gasteiger partial charge < -0.3 is 10.1 Å². The van der Waals surface area contributed by atoms with Crippen LogP contribution < -0.4 is 5.43 Å². The van der Waals surface area contributed by atoms with Crippen molar-refractivity contribution in [2.75, 3.05) is 0 Å². The average molecular weight is 293 g/mol. The van der Waals surface area contributed by atoms with E-state index in [1.54, 1.807) is 18.2 Å². The number of hydrogen-bond acceptors (Lipinski definition) is 2. The summed E-state index contributed by atoms with van der Waals surface area (Å²) < 4.78 is 0. The molecule has 4 nitrogen and oxygen atoms in total. The Morgan fingerprint density at radius 2 is 1.86 bits per heavy atom. The Labute approximate surface area is 127 Å². The number of carboxylic acids is 1. The highest BCUT2D eigenvalue weighted by molar-refractivity contribution is 5.99. The van der Waals surface area contributed by atoms with Gasteiger partial charge in [0.2, 0.25) is 5.43 Å². The van der Waals surface area contributed by atoms with Crippen LogP contribution >= 0.6 is 0 Å². The second kappa shape index (κ2) is 5.48. The number of benzene rings is 2. The normalized spacial score (nSPS) is 10.8. The van der Waals surface area contributed by atoms with Crippen molar-refractivity contribution in [1.29, 1.82) is 0 Å². The molecule has 3 aromatic rings. The third-order valence-corrected chi connectivity index (χ3v) is 3.75. The molecule has 110 valence electrons. The van der Waals surface area contributed by atoms with E-state index in [0.29, 0.717) is 22.2 Å². The lowest BCUT2D eigenvalue weighted by Gasteiger charge is -2.09. The van der Waals surface area contributed by atoms with Gasteiger partial charge in [0.05, 0.1) is 5.69 Å². The van der Waals surface area contributed by atoms with Crippen LogP contribution in [0, 0.1) is 0 Å². The Balaban J connectivity index is 2.40. The molecular formula is C18H15NO3. The molecular weight excluding hydrogens is 278 g/mol. The van der Waals surface area contributed by atoms with Crippen molar-refractivity contribution < 1.29 is 9.90 Å². The predicted octanol–water partition coefficient (Wildman–Crippen LogP) is 3.46. The molecule has 0 aliphatic rings. The Bertz CT molecular complexity index is 911. The van der Waals surface area contributed by atoms with Gasteiger partial charge in [0, 0.05) is 10.9 Å². The van der Waals surface area contributed by atoms with E-state index in [1.165, 1.54) is 0 Å². The summed E-state index contributed by atoms with van der Waals surface area (Å²) in [6.07, 6.45) is 0.790. The first-order chi connectivity index (χ1) is 10.6. The van der Waals surface area contributed by atoms with Crippen molar-refractivity contribution in [2.24, 2.45) is 0 Å². The molecule has 0 radical (unpaired) electrons. The van der Waals surface area contributed by atoms with Gasteiger partial charge in [0.15, 0.2) is 0 Å². The quantitative estimate of drug-likeness (QED) is 0.777. The van der Waals surface area contributed by atoms with Gasteiger partial charge in [-0.3, -0.25) is 4.79 Å². The van der Waals surface area contributed by atoms with Crippen LogP contribution in [0.2, 0.25) is 0 Å². The molecule has 0 aliphatic carbocycles. The molecule has 2 aromatic carbocycles. The number of carboxylic acid groups (broad SMARTS) is 1. The van der Waals surface area contributed by atoms with Crippen molar-refractivity contribution >= 4 is 16.9 Å². The smallest absolute Gasteiger partial charge is 0.341 e. The third-order valence-electron chi connectivity index (χ3n) is 3.75. The van der Waals surface area contributed by atoms with E-state index in [9.17, 15) is 14.7 Å². The zero-order valence-corrected chi connectivity index (χ0v) is 12.1. The van der Waals surface area contributed by atoms with E-state index in [1.807, 2.05) is 37.3 Å². The summed E-state index contributed by atoms with van der Waals surface area (Å²) in [5.41, 5.74) is 2.00. The number of rotatable bonds is 3. The molecule has 3 rings (SSSR count). The van der Waals surface area contributed by atoms with Crippen molar-refractivity contribution in [3.63, 3.8) is 0 Å². The highest BCUT2D eigenvalue weighted by Crippen LogP contribution is 2.23. The lowest BCUT2D eigenvalue weighted by atomic mass is 10.0. The molecule has 0 atom stereocenters. The number of aromatic carboxylic acids is 1. The number of H-pyrrole nitrogens is 1. The fraction of sp³-hybridized carbons (Fsp3) is 0.111. The SMILES string of the molecule is CCc1ccc2[nH]c(-c3ccccc3)c(C(=O)O)c(=O)c2c1. The highest BCUT2D eigenvalue weighted by Gasteiger charge is 2.19. The second-order valence-corrected chi connectivity index (χ2v) is 5.11. The van der Waals surface area contributed by atoms with Crippen molar-refractivity contribution in [3.8, 4) is 11.3 Å². The van der Waals surface area contributed by atoms with Gasteiger partial charge >= 0.3 is 5.97 Å². The maximum Gasteiger partial charge on any atom is 0.341 e. The monoisotopic (exact) mass is 293 g/mol. The van der Waals surface area contributed by atoms with Crippen molar-refractivity contribution in [3.05, 3.63) is 69.9 Å². The third kappa shape index (κ3) is 2.29. The molecule has 0 bridgehead atoms. The summed E-state index contributed by atoms with van der Waals surface area (Å²) in [7, 11) is 0. The minimum Gasteiger partial charge on any atom is -0.477 e. The first kappa shape index (κ1) is 14.1. The topological polar surface area (TPSA) is 70.2 Å². The summed E-state index contributed by atoms with van der Waals surface area (Å²) in [6, 6.07) is 14.5. The van der Waals surface area contributed by atoms with Gasteiger partial charge in [-0.05, 0) is 29.7 Å². The summed E-state index contributed by atoms with van der Waals surface area (Å²) in [5.74, 6) is -1.22. The lowest BCUT2D eigenvalue weighted by Crippen LogP contribution is -2.18. The van der Waals surface area contributed by atoms with Crippen LogP contribution in [0.3, 0.4) is 0 Å². The lowest BCUT2D eigenvalue weighted by molar-refractivity contribution is 0.0696. The van der Waals surface area contributed by atoms with Gasteiger partial charge in [-0.1, -0.05) is 43.3 Å². The first-order valence-corrected chi connectivity index (χ1v) is 7.09. The summed E-state index contributed by atoms with van der Waals surface area (Å²) in [5, 5.41) is 9.89. The van der Waals surface area contributed by atoms with E-state index in [4.69, 9.17) is 0 Å². The average Bonchev–Trinajstić information content (AvgIpc) is 2.54. The molecule has 22 heavy (non-hydrogen) atoms. The van der Waals surface area contributed by atoms with Crippen LogP contribution in [0.15, 0.2) is 53.3 Å². The van der Waals surface area contributed by atoms with E-state index < -0.39 is 11.4 Å². The maximum atomic E-state index is 12.6. The van der Waals surface area contributed by atoms with Crippen molar-refractivity contribution in [1.82, 2.24) is 4.98 Å². The van der Waals surface area contributed by atoms with E-state index in [-0.39, 0.29) is 5.56 Å². The molecule has 1 aromatic heterocycles. The highest BCUT2D eigenvalue weighted by atomic mass is 16.4. The molecule has 0 amide bonds. The van der Waals surface area contributed by atoms with E-state index in [0.717, 1.165) is 12.0 Å². The van der Waals surface area contributed by atoms with Crippen molar-refractivity contribution in [2.45, 2.75) is 13.3 Å². The van der Waals surface area contributed by atoms with Crippen LogP contribution in [-0.4, -0.2) is 16.1 Å². The molecule has 0 spiro atoms. The minimum atomic E-state index is -1.22. The fourth-order valence-electron chi connectivity index (χ4n) is 2.58. The minimum absolute atomic E-state index is 0.216. The number of nitrogens with one attached hydrogen (secondary N) is 1. The first-order valence-electron chi connectivity index (χ1n) is 7.09. The summed E-state index contributed by atoms with van der Waals surface area (Å²) >= 11 is 0. The number of carbonyl (C=O) groups is 1. The molecule has 1 heterocycles. The molecule has 0 unspecified atom stereocenters. The fourth-order valence-corrected chi connectivity index (χ4v) is 2.58. The van der Waals surface area contributed by atoms with Gasteiger partial charge in [-0.2, -0.15) is 0 Å². The second-order valence-electron chi connectivity index (χ2n) is 5.11. The molecule has 0 fully saturated rings. The molecule has 0 saturated heterocycles. The Morgan fingerprint density at radius 1 is 1.14 bits per heavy atom. The van der Waals surface area contributed by atoms with E-state index in [2.05, 4.69) is 4.98 Å². The number of pyridine rings is 1. The van der Waals surface area contributed by atoms with Gasteiger partial charge in [0.1, 0.15) is 5.56 Å². The van der Waals surface area contributed by atoms with Crippen LogP contribution in [0.1, 0.15) is 22.8 Å². The summed E-state index contributed by atoms with van der Waals surface area (Å²) in [4.78, 5) is 27.3. The van der Waals surface area contributed by atoms with Crippen LogP contribution in [-0.2, 0) is 6.42 Å². The molecule has 2 N–H and O–H groups in total. The zero-order valence-electron chi connectivity index (χ0n) is 12.1. The Morgan fingerprint density at radius 3 is 2.50 bits per heavy atom. The number of fused-ring (bicyclic) bond motifs is 1. The number of aromatic nitrogens is 1. The zero-order chi connectivity index (χ0) is 15.7. The predicted molar refractivity (Wildman–Crippen MR) is 86.3 cm³/mol. The maximum absolute atomic E-state index is 12.6.